The van der Waals surface area contributed by atoms with Crippen LogP contribution in [0.1, 0.15) is 0 Å². The van der Waals surface area contributed by atoms with E-state index in [4.69, 9.17) is 4.42 Å². The maximum absolute atomic E-state index is 6.20. The molecule has 67 heavy (non-hydrogen) atoms. The van der Waals surface area contributed by atoms with Crippen LogP contribution in [0, 0.1) is 0 Å². The summed E-state index contributed by atoms with van der Waals surface area (Å²) in [5.41, 5.74) is 18.1. The zero-order chi connectivity index (χ0) is 44.3. The highest BCUT2D eigenvalue weighted by Gasteiger charge is 2.17. The Morgan fingerprint density at radius 1 is 0.284 bits per heavy atom. The summed E-state index contributed by atoms with van der Waals surface area (Å²) in [5.74, 6) is 0. The number of rotatable bonds is 8. The van der Waals surface area contributed by atoms with Gasteiger partial charge in [-0.05, 0) is 128 Å². The van der Waals surface area contributed by atoms with Crippen molar-refractivity contribution in [1.82, 2.24) is 4.57 Å². The molecule has 2 heterocycles. The summed E-state index contributed by atoms with van der Waals surface area (Å²) >= 11 is 0. The highest BCUT2D eigenvalue weighted by atomic mass is 16.3. The summed E-state index contributed by atoms with van der Waals surface area (Å²) in [6, 6.07) is 91.8. The minimum atomic E-state index is 0.908. The first-order valence-corrected chi connectivity index (χ1v) is 22.9. The number of hydrogen-bond donors (Lipinski definition) is 0. The number of anilines is 3. The van der Waals surface area contributed by atoms with Gasteiger partial charge in [0.1, 0.15) is 11.2 Å². The minimum absolute atomic E-state index is 0.908. The van der Waals surface area contributed by atoms with Crippen molar-refractivity contribution in [1.29, 1.82) is 0 Å². The molecule has 11 aromatic carbocycles. The van der Waals surface area contributed by atoms with Gasteiger partial charge < -0.3 is 13.9 Å². The molecule has 0 N–H and O–H groups in total. The van der Waals surface area contributed by atoms with Crippen molar-refractivity contribution < 1.29 is 4.42 Å². The number of furan rings is 1. The third-order valence-corrected chi connectivity index (χ3v) is 13.4. The standard InChI is InChI=1S/C64H42N2O/c1-2-13-54-47(11-1)12-9-17-55(54)48-33-41-52(42-34-48)65(50-35-27-44(28-36-50)43-23-25-49(26-24-43)56-18-10-22-63-64(56)59-16-5-8-21-62(59)67-63)51-37-29-45(30-38-51)46-31-39-53(40-32-46)66-60-19-6-3-14-57(60)58-15-4-7-20-61(58)66/h1-42H. The fraction of sp³-hybridized carbons (Fsp3) is 0. The zero-order valence-corrected chi connectivity index (χ0v) is 36.6. The number of nitrogens with zero attached hydrogens (tertiary/aromatic N) is 2. The van der Waals surface area contributed by atoms with Crippen LogP contribution in [-0.2, 0) is 0 Å². The van der Waals surface area contributed by atoms with Crippen LogP contribution in [0.2, 0.25) is 0 Å². The van der Waals surface area contributed by atoms with E-state index >= 15 is 0 Å². The summed E-state index contributed by atoms with van der Waals surface area (Å²) in [5, 5.41) is 7.32. The monoisotopic (exact) mass is 854 g/mol. The molecule has 0 saturated heterocycles. The first kappa shape index (κ1) is 38.5. The molecule has 0 aliphatic carbocycles. The van der Waals surface area contributed by atoms with E-state index in [9.17, 15) is 0 Å². The zero-order valence-electron chi connectivity index (χ0n) is 36.6. The van der Waals surface area contributed by atoms with Gasteiger partial charge in [-0.1, -0.05) is 182 Å². The number of para-hydroxylation sites is 3. The molecule has 2 aromatic heterocycles. The maximum Gasteiger partial charge on any atom is 0.136 e. The number of hydrogen-bond acceptors (Lipinski definition) is 2. The molecule has 3 heteroatoms. The Morgan fingerprint density at radius 2 is 0.687 bits per heavy atom. The molecule has 0 spiro atoms. The Morgan fingerprint density at radius 3 is 1.30 bits per heavy atom. The minimum Gasteiger partial charge on any atom is -0.456 e. The van der Waals surface area contributed by atoms with Gasteiger partial charge in [-0.2, -0.15) is 0 Å². The largest absolute Gasteiger partial charge is 0.456 e. The van der Waals surface area contributed by atoms with Crippen LogP contribution in [0.3, 0.4) is 0 Å². The van der Waals surface area contributed by atoms with Crippen LogP contribution >= 0.6 is 0 Å². The third kappa shape index (κ3) is 6.67. The van der Waals surface area contributed by atoms with E-state index in [1.165, 1.54) is 66.0 Å². The van der Waals surface area contributed by atoms with E-state index in [0.717, 1.165) is 55.8 Å². The Balaban J connectivity index is 0.833. The average Bonchev–Trinajstić information content (AvgIpc) is 3.96. The van der Waals surface area contributed by atoms with E-state index in [1.807, 2.05) is 12.1 Å². The second-order valence-electron chi connectivity index (χ2n) is 17.3. The Hall–Kier alpha value is -8.92. The van der Waals surface area contributed by atoms with Gasteiger partial charge >= 0.3 is 0 Å². The summed E-state index contributed by atoms with van der Waals surface area (Å²) in [6.07, 6.45) is 0. The predicted molar refractivity (Wildman–Crippen MR) is 282 cm³/mol. The lowest BCUT2D eigenvalue weighted by Crippen LogP contribution is -2.09. The summed E-state index contributed by atoms with van der Waals surface area (Å²) in [7, 11) is 0. The lowest BCUT2D eigenvalue weighted by Gasteiger charge is -2.26. The molecule has 0 aliphatic rings. The highest BCUT2D eigenvalue weighted by molar-refractivity contribution is 6.12. The Kier molecular flexibility index (Phi) is 9.17. The Labute approximate surface area is 388 Å². The summed E-state index contributed by atoms with van der Waals surface area (Å²) < 4.78 is 8.57. The van der Waals surface area contributed by atoms with E-state index in [-0.39, 0.29) is 0 Å². The molecule has 0 radical (unpaired) electrons. The molecule has 0 aliphatic heterocycles. The topological polar surface area (TPSA) is 21.3 Å². The molecule has 0 fully saturated rings. The summed E-state index contributed by atoms with van der Waals surface area (Å²) in [4.78, 5) is 2.35. The van der Waals surface area contributed by atoms with Crippen molar-refractivity contribution >= 4 is 71.6 Å². The molecule has 0 unspecified atom stereocenters. The molecule has 0 bridgehead atoms. The molecule has 314 valence electrons. The first-order valence-electron chi connectivity index (χ1n) is 22.9. The van der Waals surface area contributed by atoms with Gasteiger partial charge in [0.15, 0.2) is 0 Å². The van der Waals surface area contributed by atoms with Crippen molar-refractivity contribution in [2.75, 3.05) is 4.90 Å². The molecule has 13 aromatic rings. The van der Waals surface area contributed by atoms with Crippen molar-refractivity contribution in [3.63, 3.8) is 0 Å². The lowest BCUT2D eigenvalue weighted by molar-refractivity contribution is 0.669. The van der Waals surface area contributed by atoms with Crippen LogP contribution in [0.4, 0.5) is 17.1 Å². The fourth-order valence-corrected chi connectivity index (χ4v) is 10.2. The normalized spacial score (nSPS) is 11.6. The van der Waals surface area contributed by atoms with Crippen LogP contribution in [0.15, 0.2) is 259 Å². The van der Waals surface area contributed by atoms with Crippen molar-refractivity contribution in [3.05, 3.63) is 255 Å². The molecule has 0 saturated carbocycles. The van der Waals surface area contributed by atoms with Crippen molar-refractivity contribution in [2.24, 2.45) is 0 Å². The maximum atomic E-state index is 6.20. The van der Waals surface area contributed by atoms with Crippen molar-refractivity contribution in [2.45, 2.75) is 0 Å². The van der Waals surface area contributed by atoms with E-state index in [0.29, 0.717) is 0 Å². The fourth-order valence-electron chi connectivity index (χ4n) is 10.2. The molecular formula is C64H42N2O. The van der Waals surface area contributed by atoms with Gasteiger partial charge in [-0.15, -0.1) is 0 Å². The van der Waals surface area contributed by atoms with Crippen LogP contribution in [0.25, 0.3) is 105 Å². The van der Waals surface area contributed by atoms with E-state index < -0.39 is 0 Å². The third-order valence-electron chi connectivity index (χ3n) is 13.4. The molecule has 0 atom stereocenters. The first-order chi connectivity index (χ1) is 33.2. The van der Waals surface area contributed by atoms with Gasteiger partial charge in [0.2, 0.25) is 0 Å². The number of benzene rings is 11. The van der Waals surface area contributed by atoms with Crippen molar-refractivity contribution in [3.8, 4) is 50.2 Å². The quantitative estimate of drug-likeness (QED) is 0.152. The number of aromatic nitrogens is 1. The number of fused-ring (bicyclic) bond motifs is 7. The van der Waals surface area contributed by atoms with Crippen LogP contribution < -0.4 is 4.90 Å². The molecule has 3 nitrogen and oxygen atoms in total. The van der Waals surface area contributed by atoms with Gasteiger partial charge in [-0.25, -0.2) is 0 Å². The Bertz CT molecular complexity index is 3880. The predicted octanol–water partition coefficient (Wildman–Crippen LogP) is 18.0. The second-order valence-corrected chi connectivity index (χ2v) is 17.3. The average molecular weight is 855 g/mol. The lowest BCUT2D eigenvalue weighted by atomic mass is 9.96. The van der Waals surface area contributed by atoms with E-state index in [1.54, 1.807) is 0 Å². The molecule has 0 amide bonds. The molecular weight excluding hydrogens is 813 g/mol. The van der Waals surface area contributed by atoms with Gasteiger partial charge in [0, 0.05) is 44.3 Å². The smallest absolute Gasteiger partial charge is 0.136 e. The second kappa shape index (κ2) is 16.0. The van der Waals surface area contributed by atoms with E-state index in [2.05, 4.69) is 252 Å². The SMILES string of the molecule is c1ccc2c(-c3ccc(N(c4ccc(-c5ccc(-c6cccc7oc8ccccc8c67)cc5)cc4)c4ccc(-c5ccc(-n6c7ccccc7c7ccccc76)cc5)cc4)cc3)cccc2c1. The van der Waals surface area contributed by atoms with Gasteiger partial charge in [-0.3, -0.25) is 0 Å². The van der Waals surface area contributed by atoms with Gasteiger partial charge in [0.25, 0.3) is 0 Å². The molecule has 13 rings (SSSR count). The highest BCUT2D eigenvalue weighted by Crippen LogP contribution is 2.41. The van der Waals surface area contributed by atoms with Gasteiger partial charge in [0.05, 0.1) is 11.0 Å². The summed E-state index contributed by atoms with van der Waals surface area (Å²) in [6.45, 7) is 0. The van der Waals surface area contributed by atoms with Crippen LogP contribution in [0.5, 0.6) is 0 Å². The van der Waals surface area contributed by atoms with Crippen LogP contribution in [-0.4, -0.2) is 4.57 Å².